The molecule has 0 atom stereocenters. The zero-order valence-corrected chi connectivity index (χ0v) is 16.7. The molecule has 138 valence electrons. The molecule has 4 heteroatoms. The Bertz CT molecular complexity index is 1180. The van der Waals surface area contributed by atoms with E-state index in [1.54, 1.807) is 4.57 Å². The fraction of sp³-hybridized carbons (Fsp3) is 0.0417. The molecule has 0 aliphatic carbocycles. The molecule has 0 saturated carbocycles. The van der Waals surface area contributed by atoms with E-state index in [9.17, 15) is 4.79 Å². The van der Waals surface area contributed by atoms with Crippen LogP contribution < -0.4 is 5.56 Å². The van der Waals surface area contributed by atoms with Crippen LogP contribution in [0.15, 0.2) is 89.7 Å². The van der Waals surface area contributed by atoms with Crippen molar-refractivity contribution in [1.82, 2.24) is 4.57 Å². The van der Waals surface area contributed by atoms with Crippen molar-refractivity contribution >= 4 is 23.2 Å². The van der Waals surface area contributed by atoms with Gasteiger partial charge in [-0.3, -0.25) is 9.36 Å². The summed E-state index contributed by atoms with van der Waals surface area (Å²) < 4.78 is 1.77. The molecule has 4 aromatic rings. The molecule has 4 rings (SSSR count). The molecule has 0 N–H and O–H groups in total. The molecule has 0 radical (unpaired) electrons. The van der Waals surface area contributed by atoms with Crippen LogP contribution in [0.25, 0.3) is 28.1 Å². The number of pyridine rings is 1. The van der Waals surface area contributed by atoms with Gasteiger partial charge in [0.2, 0.25) is 0 Å². The van der Waals surface area contributed by atoms with Gasteiger partial charge in [-0.05, 0) is 60.5 Å². The Kier molecular flexibility index (Phi) is 5.08. The van der Waals surface area contributed by atoms with Gasteiger partial charge < -0.3 is 0 Å². The van der Waals surface area contributed by atoms with Gasteiger partial charge in [0.25, 0.3) is 5.56 Å². The van der Waals surface area contributed by atoms with Crippen LogP contribution >= 0.6 is 23.2 Å². The first-order valence-electron chi connectivity index (χ1n) is 8.88. The van der Waals surface area contributed by atoms with Crippen molar-refractivity contribution in [2.75, 3.05) is 0 Å². The number of aromatic nitrogens is 1. The summed E-state index contributed by atoms with van der Waals surface area (Å²) in [5.74, 6) is 0. The molecule has 0 bridgehead atoms. The average molecular weight is 406 g/mol. The lowest BCUT2D eigenvalue weighted by Crippen LogP contribution is -2.23. The number of para-hydroxylation sites is 1. The quantitative estimate of drug-likeness (QED) is 0.367. The van der Waals surface area contributed by atoms with E-state index in [0.29, 0.717) is 15.6 Å². The van der Waals surface area contributed by atoms with E-state index >= 15 is 0 Å². The normalized spacial score (nSPS) is 10.8. The van der Waals surface area contributed by atoms with Crippen LogP contribution in [-0.4, -0.2) is 4.57 Å². The first-order valence-corrected chi connectivity index (χ1v) is 9.64. The van der Waals surface area contributed by atoms with Gasteiger partial charge >= 0.3 is 0 Å². The Labute approximate surface area is 173 Å². The molecule has 28 heavy (non-hydrogen) atoms. The lowest BCUT2D eigenvalue weighted by Gasteiger charge is -2.19. The van der Waals surface area contributed by atoms with Crippen LogP contribution in [0.3, 0.4) is 0 Å². The molecule has 0 spiro atoms. The maximum absolute atomic E-state index is 13.2. The van der Waals surface area contributed by atoms with E-state index in [1.807, 2.05) is 91.9 Å². The molecule has 1 aromatic heterocycles. The lowest BCUT2D eigenvalue weighted by atomic mass is 9.97. The summed E-state index contributed by atoms with van der Waals surface area (Å²) in [4.78, 5) is 13.2. The topological polar surface area (TPSA) is 22.0 Å². The predicted molar refractivity (Wildman–Crippen MR) is 118 cm³/mol. The summed E-state index contributed by atoms with van der Waals surface area (Å²) in [5, 5.41) is 1.32. The Morgan fingerprint density at radius 2 is 1.25 bits per heavy atom. The van der Waals surface area contributed by atoms with Gasteiger partial charge in [0.1, 0.15) is 0 Å². The van der Waals surface area contributed by atoms with E-state index in [0.717, 1.165) is 28.1 Å². The number of hydrogen-bond donors (Lipinski definition) is 0. The van der Waals surface area contributed by atoms with Gasteiger partial charge in [0.15, 0.2) is 0 Å². The third kappa shape index (κ3) is 3.49. The van der Waals surface area contributed by atoms with Gasteiger partial charge in [-0.15, -0.1) is 0 Å². The number of aryl methyl sites for hydroxylation is 1. The fourth-order valence-electron chi connectivity index (χ4n) is 3.31. The highest BCUT2D eigenvalue weighted by Crippen LogP contribution is 2.34. The van der Waals surface area contributed by atoms with Crippen molar-refractivity contribution in [3.63, 3.8) is 0 Å². The molecule has 1 heterocycles. The van der Waals surface area contributed by atoms with Crippen molar-refractivity contribution in [2.24, 2.45) is 0 Å². The highest BCUT2D eigenvalue weighted by molar-refractivity contribution is 6.31. The second-order valence-electron chi connectivity index (χ2n) is 6.58. The Hall–Kier alpha value is -2.81. The maximum Gasteiger partial charge on any atom is 0.258 e. The Morgan fingerprint density at radius 3 is 1.82 bits per heavy atom. The van der Waals surface area contributed by atoms with E-state index in [2.05, 4.69) is 0 Å². The predicted octanol–water partition coefficient (Wildman–Crippen LogP) is 6.79. The van der Waals surface area contributed by atoms with Gasteiger partial charge in [0, 0.05) is 26.9 Å². The fourth-order valence-corrected chi connectivity index (χ4v) is 3.56. The number of halogens is 2. The highest BCUT2D eigenvalue weighted by atomic mass is 35.5. The molecular weight excluding hydrogens is 389 g/mol. The Balaban J connectivity index is 2.11. The summed E-state index contributed by atoms with van der Waals surface area (Å²) in [6.07, 6.45) is 0. The van der Waals surface area contributed by atoms with Gasteiger partial charge in [-0.1, -0.05) is 65.7 Å². The Morgan fingerprint density at radius 1 is 0.714 bits per heavy atom. The average Bonchev–Trinajstić information content (AvgIpc) is 2.72. The van der Waals surface area contributed by atoms with Gasteiger partial charge in [0.05, 0.1) is 5.69 Å². The molecular formula is C24H17Cl2NO. The highest BCUT2D eigenvalue weighted by Gasteiger charge is 2.17. The summed E-state index contributed by atoms with van der Waals surface area (Å²) in [7, 11) is 0. The summed E-state index contributed by atoms with van der Waals surface area (Å²) >= 11 is 12.2. The summed E-state index contributed by atoms with van der Waals surface area (Å²) in [5.41, 5.74) is 5.12. The van der Waals surface area contributed by atoms with Gasteiger partial charge in [-0.25, -0.2) is 0 Å². The van der Waals surface area contributed by atoms with Crippen LogP contribution in [-0.2, 0) is 0 Å². The first kappa shape index (κ1) is 18.5. The van der Waals surface area contributed by atoms with Crippen LogP contribution in [0.4, 0.5) is 0 Å². The molecule has 0 amide bonds. The first-order chi connectivity index (χ1) is 13.5. The second-order valence-corrected chi connectivity index (χ2v) is 7.45. The van der Waals surface area contributed by atoms with Crippen molar-refractivity contribution in [2.45, 2.75) is 6.92 Å². The van der Waals surface area contributed by atoms with Crippen molar-refractivity contribution in [1.29, 1.82) is 0 Å². The van der Waals surface area contributed by atoms with Crippen molar-refractivity contribution in [3.05, 3.63) is 111 Å². The molecule has 2 nitrogen and oxygen atoms in total. The van der Waals surface area contributed by atoms with E-state index in [1.165, 1.54) is 0 Å². The second kappa shape index (κ2) is 7.67. The summed E-state index contributed by atoms with van der Waals surface area (Å²) in [6.45, 7) is 1.84. The smallest absolute Gasteiger partial charge is 0.258 e. The summed E-state index contributed by atoms with van der Waals surface area (Å²) in [6, 6.07) is 26.8. The third-order valence-electron chi connectivity index (χ3n) is 4.67. The monoisotopic (exact) mass is 405 g/mol. The molecule has 0 aliphatic rings. The van der Waals surface area contributed by atoms with E-state index in [-0.39, 0.29) is 5.56 Å². The minimum Gasteiger partial charge on any atom is -0.276 e. The standard InChI is InChI=1S/C24H17Cl2NO/c1-16-15-22(17-7-11-19(25)12-8-17)23(18-9-13-20(26)14-10-18)27(24(16)28)21-5-3-2-4-6-21/h2-15H,1H3. The molecule has 0 saturated heterocycles. The van der Waals surface area contributed by atoms with Crippen LogP contribution in [0.2, 0.25) is 10.0 Å². The number of rotatable bonds is 3. The maximum atomic E-state index is 13.2. The van der Waals surface area contributed by atoms with Gasteiger partial charge in [-0.2, -0.15) is 0 Å². The molecule has 0 aliphatic heterocycles. The number of benzene rings is 3. The minimum absolute atomic E-state index is 0.0473. The minimum atomic E-state index is -0.0473. The third-order valence-corrected chi connectivity index (χ3v) is 5.17. The molecule has 0 unspecified atom stereocenters. The van der Waals surface area contributed by atoms with Crippen molar-refractivity contribution in [3.8, 4) is 28.1 Å². The van der Waals surface area contributed by atoms with Crippen LogP contribution in [0.5, 0.6) is 0 Å². The SMILES string of the molecule is Cc1cc(-c2ccc(Cl)cc2)c(-c2ccc(Cl)cc2)n(-c2ccccc2)c1=O. The lowest BCUT2D eigenvalue weighted by molar-refractivity contribution is 0.982. The zero-order chi connectivity index (χ0) is 19.7. The van der Waals surface area contributed by atoms with Crippen LogP contribution in [0.1, 0.15) is 5.56 Å². The molecule has 0 fully saturated rings. The molecule has 3 aromatic carbocycles. The van der Waals surface area contributed by atoms with Crippen LogP contribution in [0, 0.1) is 6.92 Å². The number of nitrogens with zero attached hydrogens (tertiary/aromatic N) is 1. The zero-order valence-electron chi connectivity index (χ0n) is 15.2. The number of hydrogen-bond acceptors (Lipinski definition) is 1. The van der Waals surface area contributed by atoms with E-state index in [4.69, 9.17) is 23.2 Å². The van der Waals surface area contributed by atoms with E-state index < -0.39 is 0 Å². The largest absolute Gasteiger partial charge is 0.276 e. The van der Waals surface area contributed by atoms with Crippen molar-refractivity contribution < 1.29 is 0 Å².